The van der Waals surface area contributed by atoms with Gasteiger partial charge in [0.1, 0.15) is 0 Å². The summed E-state index contributed by atoms with van der Waals surface area (Å²) in [6, 6.07) is 0.580. The second-order valence-corrected chi connectivity index (χ2v) is 6.92. The molecule has 2 atom stereocenters. The third-order valence-corrected chi connectivity index (χ3v) is 4.57. The fraction of sp³-hybridized carbons (Fsp3) is 0.875. The highest BCUT2D eigenvalue weighted by Crippen LogP contribution is 2.11. The molecule has 0 saturated heterocycles. The van der Waals surface area contributed by atoms with Crippen LogP contribution >= 0.6 is 11.8 Å². The molecule has 0 aromatic heterocycles. The summed E-state index contributed by atoms with van der Waals surface area (Å²) >= 11 is 1.65. The van der Waals surface area contributed by atoms with Crippen molar-refractivity contribution in [2.24, 2.45) is 0 Å². The first kappa shape index (κ1) is 20.5. The molecule has 0 aliphatic heterocycles. The molecule has 5 heteroatoms. The van der Waals surface area contributed by atoms with Crippen LogP contribution in [0.3, 0.4) is 0 Å². The second kappa shape index (κ2) is 13.1. The van der Waals surface area contributed by atoms with Crippen molar-refractivity contribution < 1.29 is 9.59 Å². The first-order valence-corrected chi connectivity index (χ1v) is 9.34. The first-order valence-electron chi connectivity index (χ1n) is 8.06. The Labute approximate surface area is 134 Å². The largest absolute Gasteiger partial charge is 0.314 e. The lowest BCUT2D eigenvalue weighted by atomic mass is 10.2. The van der Waals surface area contributed by atoms with Crippen molar-refractivity contribution >= 4 is 24.1 Å². The zero-order valence-electron chi connectivity index (χ0n) is 14.1. The Kier molecular flexibility index (Phi) is 12.8. The Morgan fingerprint density at radius 3 is 2.57 bits per heavy atom. The zero-order valence-corrected chi connectivity index (χ0v) is 14.9. The van der Waals surface area contributed by atoms with Crippen molar-refractivity contribution in [2.45, 2.75) is 70.6 Å². The van der Waals surface area contributed by atoms with E-state index in [0.29, 0.717) is 25.4 Å². The summed E-state index contributed by atoms with van der Waals surface area (Å²) in [6.07, 6.45) is 8.54. The van der Waals surface area contributed by atoms with Gasteiger partial charge in [0, 0.05) is 24.3 Å². The van der Waals surface area contributed by atoms with Gasteiger partial charge in [-0.05, 0) is 39.0 Å². The molecule has 0 aliphatic carbocycles. The lowest BCUT2D eigenvalue weighted by molar-refractivity contribution is -0.138. The average molecular weight is 317 g/mol. The van der Waals surface area contributed by atoms with Crippen molar-refractivity contribution in [1.82, 2.24) is 10.2 Å². The number of unbranched alkanes of at least 4 members (excludes halogenated alkanes) is 2. The van der Waals surface area contributed by atoms with Gasteiger partial charge in [0.15, 0.2) is 0 Å². The van der Waals surface area contributed by atoms with Crippen molar-refractivity contribution in [3.05, 3.63) is 0 Å². The lowest BCUT2D eigenvalue weighted by Crippen LogP contribution is -2.32. The highest BCUT2D eigenvalue weighted by Gasteiger charge is 2.15. The Morgan fingerprint density at radius 1 is 1.29 bits per heavy atom. The van der Waals surface area contributed by atoms with Crippen LogP contribution in [0.1, 0.15) is 59.3 Å². The molecule has 2 unspecified atom stereocenters. The van der Waals surface area contributed by atoms with Gasteiger partial charge in [-0.1, -0.05) is 26.7 Å². The Balaban J connectivity index is 3.72. The van der Waals surface area contributed by atoms with E-state index in [9.17, 15) is 9.59 Å². The Bertz CT molecular complexity index is 287. The molecule has 0 radical (unpaired) electrons. The van der Waals surface area contributed by atoms with Crippen LogP contribution < -0.4 is 5.32 Å². The maximum absolute atomic E-state index is 11.9. The number of carbonyl (C=O) groups excluding carboxylic acids is 2. The minimum absolute atomic E-state index is 0.0541. The van der Waals surface area contributed by atoms with Gasteiger partial charge >= 0.3 is 0 Å². The zero-order chi connectivity index (χ0) is 16.1. The molecule has 0 rings (SSSR count). The maximum Gasteiger partial charge on any atom is 0.230 e. The predicted molar refractivity (Wildman–Crippen MR) is 91.6 cm³/mol. The van der Waals surface area contributed by atoms with E-state index < -0.39 is 0 Å². The molecule has 0 spiro atoms. The van der Waals surface area contributed by atoms with Crippen LogP contribution in [-0.4, -0.2) is 47.9 Å². The average Bonchev–Trinajstić information content (AvgIpc) is 2.46. The van der Waals surface area contributed by atoms with Gasteiger partial charge in [-0.25, -0.2) is 0 Å². The van der Waals surface area contributed by atoms with Crippen LogP contribution in [0, 0.1) is 0 Å². The van der Waals surface area contributed by atoms with E-state index >= 15 is 0 Å². The van der Waals surface area contributed by atoms with Crippen LogP contribution in [0.25, 0.3) is 0 Å². The third kappa shape index (κ3) is 10.8. The molecule has 0 saturated carbocycles. The lowest BCUT2D eigenvalue weighted by Gasteiger charge is -2.17. The summed E-state index contributed by atoms with van der Waals surface area (Å²) in [5.74, 6) is -0.0541. The molecule has 0 bridgehead atoms. The number of hydrogen-bond donors (Lipinski definition) is 1. The maximum atomic E-state index is 11.9. The molecule has 0 aromatic carbocycles. The fourth-order valence-electron chi connectivity index (χ4n) is 2.15. The Morgan fingerprint density at radius 2 is 2.00 bits per heavy atom. The van der Waals surface area contributed by atoms with Crippen molar-refractivity contribution in [2.75, 3.05) is 19.3 Å². The van der Waals surface area contributed by atoms with E-state index in [2.05, 4.69) is 19.2 Å². The number of rotatable bonds is 13. The fourth-order valence-corrected chi connectivity index (χ4v) is 2.46. The van der Waals surface area contributed by atoms with Gasteiger partial charge in [-0.15, -0.1) is 0 Å². The van der Waals surface area contributed by atoms with E-state index in [1.54, 1.807) is 11.8 Å². The molecular weight excluding hydrogens is 284 g/mol. The normalized spacial score (nSPS) is 13.7. The van der Waals surface area contributed by atoms with Crippen LogP contribution in [-0.2, 0) is 9.59 Å². The Hall–Kier alpha value is -0.550. The minimum Gasteiger partial charge on any atom is -0.314 e. The summed E-state index contributed by atoms with van der Waals surface area (Å²) in [7, 11) is 0. The molecule has 1 N–H and O–H groups in total. The molecule has 0 fully saturated rings. The number of thioether (sulfide) groups is 1. The highest BCUT2D eigenvalue weighted by atomic mass is 32.2. The van der Waals surface area contributed by atoms with Gasteiger partial charge < -0.3 is 5.32 Å². The quantitative estimate of drug-likeness (QED) is 0.419. The number of nitrogens with zero attached hydrogens (tertiary/aromatic N) is 1. The molecule has 21 heavy (non-hydrogen) atoms. The monoisotopic (exact) mass is 316 g/mol. The van der Waals surface area contributed by atoms with Crippen molar-refractivity contribution in [3.8, 4) is 0 Å². The van der Waals surface area contributed by atoms with Gasteiger partial charge in [0.2, 0.25) is 12.3 Å². The van der Waals surface area contributed by atoms with Gasteiger partial charge in [0.05, 0.1) is 0 Å². The van der Waals surface area contributed by atoms with E-state index in [-0.39, 0.29) is 11.2 Å². The van der Waals surface area contributed by atoms with Gasteiger partial charge in [-0.2, -0.15) is 11.8 Å². The number of imide groups is 1. The molecule has 2 amide bonds. The first-order chi connectivity index (χ1) is 10.0. The standard InChI is InChI=1S/C16H32N2O2S/c1-5-9-14(2)17-10-7-6-8-11-18(13-19)16(20)12-15(3)21-4/h13-15,17H,5-12H2,1-4H3. The summed E-state index contributed by atoms with van der Waals surface area (Å²) in [6.45, 7) is 7.98. The summed E-state index contributed by atoms with van der Waals surface area (Å²) in [4.78, 5) is 24.2. The molecule has 0 aromatic rings. The van der Waals surface area contributed by atoms with Crippen LogP contribution in [0.4, 0.5) is 0 Å². The van der Waals surface area contributed by atoms with Gasteiger partial charge in [0.25, 0.3) is 0 Å². The van der Waals surface area contributed by atoms with Crippen LogP contribution in [0.2, 0.25) is 0 Å². The number of hydrogen-bond acceptors (Lipinski definition) is 4. The molecule has 124 valence electrons. The van der Waals surface area contributed by atoms with Gasteiger partial charge in [-0.3, -0.25) is 14.5 Å². The topological polar surface area (TPSA) is 49.4 Å². The second-order valence-electron chi connectivity index (χ2n) is 5.65. The molecule has 0 heterocycles. The number of carbonyl (C=O) groups is 2. The summed E-state index contributed by atoms with van der Waals surface area (Å²) < 4.78 is 0. The minimum atomic E-state index is -0.0541. The van der Waals surface area contributed by atoms with E-state index in [1.165, 1.54) is 17.7 Å². The summed E-state index contributed by atoms with van der Waals surface area (Å²) in [5, 5.41) is 3.76. The van der Waals surface area contributed by atoms with E-state index in [4.69, 9.17) is 0 Å². The SMILES string of the molecule is CCCC(C)NCCCCCN(C=O)C(=O)CC(C)SC. The molecule has 4 nitrogen and oxygen atoms in total. The summed E-state index contributed by atoms with van der Waals surface area (Å²) in [5.41, 5.74) is 0. The van der Waals surface area contributed by atoms with E-state index in [0.717, 1.165) is 25.8 Å². The molecule has 0 aliphatic rings. The van der Waals surface area contributed by atoms with Crippen LogP contribution in [0.15, 0.2) is 0 Å². The number of nitrogens with one attached hydrogen (secondary N) is 1. The van der Waals surface area contributed by atoms with E-state index in [1.807, 2.05) is 13.2 Å². The van der Waals surface area contributed by atoms with Crippen LogP contribution in [0.5, 0.6) is 0 Å². The highest BCUT2D eigenvalue weighted by molar-refractivity contribution is 7.99. The number of amides is 2. The molecular formula is C16H32N2O2S. The smallest absolute Gasteiger partial charge is 0.230 e. The predicted octanol–water partition coefficient (Wildman–Crippen LogP) is 3.06. The van der Waals surface area contributed by atoms with Crippen molar-refractivity contribution in [3.63, 3.8) is 0 Å². The third-order valence-electron chi connectivity index (χ3n) is 3.60. The van der Waals surface area contributed by atoms with Crippen molar-refractivity contribution in [1.29, 1.82) is 0 Å².